The third kappa shape index (κ3) is 7.92. The number of rotatable bonds is 3. The second-order valence-corrected chi connectivity index (χ2v) is 5.31. The van der Waals surface area contributed by atoms with E-state index < -0.39 is 20.5 Å². The summed E-state index contributed by atoms with van der Waals surface area (Å²) in [6, 6.07) is 6.29. The van der Waals surface area contributed by atoms with Crippen LogP contribution in [0, 0.1) is 0 Å². The van der Waals surface area contributed by atoms with Crippen LogP contribution in [0.15, 0.2) is 41.8 Å². The largest absolute Gasteiger partial charge is 0.394 e. The Balaban J connectivity index is 0.000000494. The van der Waals surface area contributed by atoms with Crippen molar-refractivity contribution in [2.45, 2.75) is 11.3 Å². The van der Waals surface area contributed by atoms with Crippen LogP contribution in [0.4, 0.5) is 0 Å². The van der Waals surface area contributed by atoms with E-state index in [0.29, 0.717) is 12.0 Å². The Morgan fingerprint density at radius 3 is 1.89 bits per heavy atom. The van der Waals surface area contributed by atoms with Gasteiger partial charge in [-0.3, -0.25) is 13.7 Å². The molecule has 0 radical (unpaired) electrons. The maximum atomic E-state index is 10.8. The van der Waals surface area contributed by atoms with Crippen molar-refractivity contribution >= 4 is 20.5 Å². The first-order chi connectivity index (χ1) is 8.05. The first-order valence-corrected chi connectivity index (χ1v) is 7.25. The van der Waals surface area contributed by atoms with E-state index in [4.69, 9.17) is 22.1 Å². The summed E-state index contributed by atoms with van der Waals surface area (Å²) in [5.74, 6) is 0. The average molecular weight is 296 g/mol. The summed E-state index contributed by atoms with van der Waals surface area (Å²) < 4.78 is 62.1. The zero-order chi connectivity index (χ0) is 14.4. The molecule has 0 amide bonds. The van der Waals surface area contributed by atoms with Gasteiger partial charge in [-0.25, -0.2) is 0 Å². The highest BCUT2D eigenvalue weighted by atomic mass is 32.3. The highest BCUT2D eigenvalue weighted by Crippen LogP contribution is 2.15. The van der Waals surface area contributed by atoms with Gasteiger partial charge in [0.1, 0.15) is 0 Å². The molecule has 9 heteroatoms. The van der Waals surface area contributed by atoms with Crippen LogP contribution < -0.4 is 0 Å². The minimum atomic E-state index is -4.67. The van der Waals surface area contributed by atoms with Crippen LogP contribution in [0.3, 0.4) is 0 Å². The molecule has 1 aromatic carbocycles. The van der Waals surface area contributed by atoms with Crippen LogP contribution in [0.2, 0.25) is 0 Å². The minimum absolute atomic E-state index is 0.0464. The molecule has 0 saturated heterocycles. The summed E-state index contributed by atoms with van der Waals surface area (Å²) in [7, 11) is -8.77. The van der Waals surface area contributed by atoms with Crippen molar-refractivity contribution in [3.63, 3.8) is 0 Å². The normalized spacial score (nSPS) is 11.3. The molecule has 1 aromatic rings. The highest BCUT2D eigenvalue weighted by molar-refractivity contribution is 7.85. The molecule has 0 fully saturated rings. The van der Waals surface area contributed by atoms with Gasteiger partial charge in [-0.05, 0) is 18.1 Å². The van der Waals surface area contributed by atoms with Crippen molar-refractivity contribution in [3.05, 3.63) is 42.5 Å². The topological polar surface area (TPSA) is 129 Å². The lowest BCUT2D eigenvalue weighted by molar-refractivity contribution is 0.381. The SMILES string of the molecule is C=CCc1ccccc1S(=O)(=O)O.O=S(=O)(O)O. The van der Waals surface area contributed by atoms with Gasteiger partial charge in [-0.2, -0.15) is 16.8 Å². The fourth-order valence-electron chi connectivity index (χ4n) is 1.08. The molecule has 0 unspecified atom stereocenters. The van der Waals surface area contributed by atoms with Crippen molar-refractivity contribution in [1.29, 1.82) is 0 Å². The lowest BCUT2D eigenvalue weighted by Crippen LogP contribution is -2.02. The van der Waals surface area contributed by atoms with Gasteiger partial charge in [-0.1, -0.05) is 24.3 Å². The maximum absolute atomic E-state index is 10.8. The van der Waals surface area contributed by atoms with Crippen LogP contribution in [-0.4, -0.2) is 30.5 Å². The van der Waals surface area contributed by atoms with Gasteiger partial charge in [0, 0.05) is 0 Å². The van der Waals surface area contributed by atoms with Crippen molar-refractivity contribution in [1.82, 2.24) is 0 Å². The third-order valence-electron chi connectivity index (χ3n) is 1.61. The molecule has 0 saturated carbocycles. The van der Waals surface area contributed by atoms with Crippen molar-refractivity contribution in [2.24, 2.45) is 0 Å². The van der Waals surface area contributed by atoms with E-state index in [-0.39, 0.29) is 4.90 Å². The summed E-state index contributed by atoms with van der Waals surface area (Å²) >= 11 is 0. The Morgan fingerprint density at radius 2 is 1.50 bits per heavy atom. The number of hydrogen-bond acceptors (Lipinski definition) is 4. The summed E-state index contributed by atoms with van der Waals surface area (Å²) in [6.07, 6.45) is 2.01. The number of hydrogen-bond donors (Lipinski definition) is 3. The summed E-state index contributed by atoms with van der Waals surface area (Å²) in [5.41, 5.74) is 0.556. The number of allylic oxidation sites excluding steroid dienone is 1. The molecule has 102 valence electrons. The van der Waals surface area contributed by atoms with Gasteiger partial charge in [0.25, 0.3) is 10.1 Å². The summed E-state index contributed by atoms with van der Waals surface area (Å²) in [5, 5.41) is 0. The first kappa shape index (κ1) is 16.7. The molecule has 1 rings (SSSR count). The molecule has 3 N–H and O–H groups in total. The van der Waals surface area contributed by atoms with Crippen molar-refractivity contribution < 1.29 is 30.5 Å². The molecule has 0 atom stereocenters. The van der Waals surface area contributed by atoms with Gasteiger partial charge in [-0.15, -0.1) is 6.58 Å². The first-order valence-electron chi connectivity index (χ1n) is 4.42. The molecule has 0 aromatic heterocycles. The second kappa shape index (κ2) is 6.61. The van der Waals surface area contributed by atoms with E-state index in [1.807, 2.05) is 0 Å². The fraction of sp³-hybridized carbons (Fsp3) is 0.111. The van der Waals surface area contributed by atoms with Crippen LogP contribution in [0.5, 0.6) is 0 Å². The fourth-order valence-corrected chi connectivity index (χ4v) is 1.81. The van der Waals surface area contributed by atoms with E-state index in [1.54, 1.807) is 24.3 Å². The predicted molar refractivity (Wildman–Crippen MR) is 64.3 cm³/mol. The second-order valence-electron chi connectivity index (χ2n) is 3.02. The predicted octanol–water partition coefficient (Wildman–Crippen LogP) is 1.01. The Kier molecular flexibility index (Phi) is 6.15. The monoisotopic (exact) mass is 296 g/mol. The molecule has 7 nitrogen and oxygen atoms in total. The standard InChI is InChI=1S/C9H10O3S.H2O4S/c1-2-5-8-6-3-4-7-9(8)13(10,11)12;1-5(2,3)4/h2-4,6-7H,1,5H2,(H,10,11,12);(H2,1,2,3,4). The Labute approximate surface area is 105 Å². The van der Waals surface area contributed by atoms with Crippen LogP contribution in [-0.2, 0) is 26.9 Å². The van der Waals surface area contributed by atoms with Gasteiger partial charge in [0.05, 0.1) is 4.90 Å². The molecule has 0 aliphatic carbocycles. The van der Waals surface area contributed by atoms with Gasteiger partial charge >= 0.3 is 10.4 Å². The Morgan fingerprint density at radius 1 is 1.06 bits per heavy atom. The van der Waals surface area contributed by atoms with Crippen LogP contribution in [0.1, 0.15) is 5.56 Å². The smallest absolute Gasteiger partial charge is 0.282 e. The zero-order valence-corrected chi connectivity index (χ0v) is 10.7. The van der Waals surface area contributed by atoms with E-state index in [9.17, 15) is 8.42 Å². The summed E-state index contributed by atoms with van der Waals surface area (Å²) in [6.45, 7) is 3.50. The minimum Gasteiger partial charge on any atom is -0.282 e. The van der Waals surface area contributed by atoms with E-state index in [2.05, 4.69) is 6.58 Å². The zero-order valence-electron chi connectivity index (χ0n) is 9.09. The molecule has 18 heavy (non-hydrogen) atoms. The third-order valence-corrected chi connectivity index (χ3v) is 2.57. The van der Waals surface area contributed by atoms with Crippen molar-refractivity contribution in [3.8, 4) is 0 Å². The molecule has 0 bridgehead atoms. The number of benzene rings is 1. The lowest BCUT2D eigenvalue weighted by Gasteiger charge is -2.02. The molecule has 0 spiro atoms. The summed E-state index contributed by atoms with van der Waals surface area (Å²) in [4.78, 5) is -0.0464. The molecule has 0 heterocycles. The Hall–Kier alpha value is -1.26. The maximum Gasteiger partial charge on any atom is 0.394 e. The Bertz CT molecular complexity index is 594. The quantitative estimate of drug-likeness (QED) is 0.560. The van der Waals surface area contributed by atoms with Gasteiger partial charge in [0.15, 0.2) is 0 Å². The van der Waals surface area contributed by atoms with Crippen LogP contribution in [0.25, 0.3) is 0 Å². The molecular weight excluding hydrogens is 284 g/mol. The molecule has 0 aliphatic rings. The lowest BCUT2D eigenvalue weighted by atomic mass is 10.1. The van der Waals surface area contributed by atoms with E-state index in [0.717, 1.165) is 0 Å². The van der Waals surface area contributed by atoms with Crippen LogP contribution >= 0.6 is 0 Å². The van der Waals surface area contributed by atoms with Gasteiger partial charge < -0.3 is 0 Å². The molecule has 0 aliphatic heterocycles. The van der Waals surface area contributed by atoms with Gasteiger partial charge in [0.2, 0.25) is 0 Å². The van der Waals surface area contributed by atoms with E-state index in [1.165, 1.54) is 6.07 Å². The highest BCUT2D eigenvalue weighted by Gasteiger charge is 2.12. The van der Waals surface area contributed by atoms with Crippen molar-refractivity contribution in [2.75, 3.05) is 0 Å². The van der Waals surface area contributed by atoms with E-state index >= 15 is 0 Å². The molecular formula is C9H12O7S2. The average Bonchev–Trinajstić information content (AvgIpc) is 2.14.